The van der Waals surface area contributed by atoms with Crippen LogP contribution in [0.3, 0.4) is 0 Å². The van der Waals surface area contributed by atoms with E-state index in [4.69, 9.17) is 5.41 Å². The second-order valence-electron chi connectivity index (χ2n) is 5.71. The van der Waals surface area contributed by atoms with E-state index in [0.29, 0.717) is 16.8 Å². The lowest BCUT2D eigenvalue weighted by Gasteiger charge is -2.12. The quantitative estimate of drug-likeness (QED) is 0.589. The molecule has 0 saturated carbocycles. The molecule has 0 bridgehead atoms. The monoisotopic (exact) mass is 366 g/mol. The van der Waals surface area contributed by atoms with Gasteiger partial charge in [0, 0.05) is 35.8 Å². The van der Waals surface area contributed by atoms with Crippen LogP contribution in [0.2, 0.25) is 0 Å². The molecule has 0 unspecified atom stereocenters. The van der Waals surface area contributed by atoms with Crippen LogP contribution in [0.1, 0.15) is 16.1 Å². The molecule has 2 aromatic carbocycles. The van der Waals surface area contributed by atoms with Crippen LogP contribution in [-0.2, 0) is 0 Å². The molecule has 0 spiro atoms. The van der Waals surface area contributed by atoms with Crippen LogP contribution in [0.25, 0.3) is 11.1 Å². The van der Waals surface area contributed by atoms with Crippen molar-refractivity contribution in [3.05, 3.63) is 77.6 Å². The summed E-state index contributed by atoms with van der Waals surface area (Å²) >= 11 is 0. The number of amides is 1. The van der Waals surface area contributed by atoms with Crippen LogP contribution in [0.4, 0.5) is 20.2 Å². The van der Waals surface area contributed by atoms with Gasteiger partial charge in [-0.05, 0) is 42.0 Å². The Hall–Kier alpha value is -3.61. The number of carbonyl (C=O) groups excluding carboxylic acids is 1. The molecule has 0 radical (unpaired) electrons. The number of anilines is 2. The molecular weight excluding hydrogens is 350 g/mol. The molecule has 0 aliphatic rings. The van der Waals surface area contributed by atoms with Crippen molar-refractivity contribution in [3.8, 4) is 11.1 Å². The number of hydrogen-bond donors (Lipinski definition) is 3. The first-order chi connectivity index (χ1) is 13.0. The SMILES string of the molecule is CNc1ccc(NC(=O)c2ncc(F)cc2-c2ccc(F)cc2)cc1C=N. The summed E-state index contributed by atoms with van der Waals surface area (Å²) in [6, 6.07) is 11.6. The number of carbonyl (C=O) groups is 1. The number of pyridine rings is 1. The van der Waals surface area contributed by atoms with Crippen molar-refractivity contribution in [1.29, 1.82) is 5.41 Å². The lowest BCUT2D eigenvalue weighted by Crippen LogP contribution is -2.15. The molecule has 3 aromatic rings. The zero-order chi connectivity index (χ0) is 19.4. The maximum Gasteiger partial charge on any atom is 0.274 e. The maximum atomic E-state index is 13.7. The van der Waals surface area contributed by atoms with E-state index in [0.717, 1.165) is 11.9 Å². The van der Waals surface area contributed by atoms with Gasteiger partial charge in [-0.25, -0.2) is 13.8 Å². The van der Waals surface area contributed by atoms with Gasteiger partial charge >= 0.3 is 0 Å². The third kappa shape index (κ3) is 3.98. The van der Waals surface area contributed by atoms with Crippen molar-refractivity contribution in [1.82, 2.24) is 4.98 Å². The summed E-state index contributed by atoms with van der Waals surface area (Å²) in [5.74, 6) is -1.57. The summed E-state index contributed by atoms with van der Waals surface area (Å²) in [4.78, 5) is 16.6. The molecule has 136 valence electrons. The van der Waals surface area contributed by atoms with E-state index >= 15 is 0 Å². The lowest BCUT2D eigenvalue weighted by molar-refractivity contribution is 0.102. The molecule has 3 N–H and O–H groups in total. The normalized spacial score (nSPS) is 10.3. The Morgan fingerprint density at radius 3 is 2.48 bits per heavy atom. The molecule has 1 amide bonds. The van der Waals surface area contributed by atoms with E-state index in [1.54, 1.807) is 25.2 Å². The van der Waals surface area contributed by atoms with Crippen LogP contribution >= 0.6 is 0 Å². The van der Waals surface area contributed by atoms with Gasteiger partial charge in [0.1, 0.15) is 17.3 Å². The molecule has 0 atom stereocenters. The summed E-state index contributed by atoms with van der Waals surface area (Å²) in [6.45, 7) is 0. The Morgan fingerprint density at radius 1 is 1.07 bits per heavy atom. The number of benzene rings is 2. The van der Waals surface area contributed by atoms with Gasteiger partial charge in [0.15, 0.2) is 0 Å². The first kappa shape index (κ1) is 18.2. The van der Waals surface area contributed by atoms with Gasteiger partial charge in [0.2, 0.25) is 0 Å². The highest BCUT2D eigenvalue weighted by Gasteiger charge is 2.16. The van der Waals surface area contributed by atoms with Crippen molar-refractivity contribution in [2.75, 3.05) is 17.7 Å². The fraction of sp³-hybridized carbons (Fsp3) is 0.0500. The number of nitrogens with one attached hydrogen (secondary N) is 3. The van der Waals surface area contributed by atoms with Gasteiger partial charge in [0.25, 0.3) is 5.91 Å². The third-order valence-corrected chi connectivity index (χ3v) is 3.96. The molecule has 1 heterocycles. The van der Waals surface area contributed by atoms with E-state index in [-0.39, 0.29) is 11.3 Å². The van der Waals surface area contributed by atoms with E-state index in [9.17, 15) is 13.6 Å². The van der Waals surface area contributed by atoms with E-state index in [2.05, 4.69) is 15.6 Å². The standard InChI is InChI=1S/C20H16F2N4O/c1-24-18-7-6-16(8-13(18)10-23)26-20(27)19-17(9-15(22)11-25-19)12-2-4-14(21)5-3-12/h2-11,23-24H,1H3,(H,26,27). The van der Waals surface area contributed by atoms with Crippen LogP contribution < -0.4 is 10.6 Å². The minimum absolute atomic E-state index is 0.0112. The molecule has 0 saturated heterocycles. The molecule has 5 nitrogen and oxygen atoms in total. The summed E-state index contributed by atoms with van der Waals surface area (Å²) in [5, 5.41) is 13.1. The first-order valence-corrected chi connectivity index (χ1v) is 8.07. The number of aromatic nitrogens is 1. The zero-order valence-electron chi connectivity index (χ0n) is 14.4. The zero-order valence-corrected chi connectivity index (χ0v) is 14.4. The number of hydrogen-bond acceptors (Lipinski definition) is 4. The second kappa shape index (κ2) is 7.74. The van der Waals surface area contributed by atoms with Crippen LogP contribution in [-0.4, -0.2) is 24.2 Å². The Balaban J connectivity index is 1.95. The Morgan fingerprint density at radius 2 is 1.81 bits per heavy atom. The van der Waals surface area contributed by atoms with Crippen molar-refractivity contribution in [2.24, 2.45) is 0 Å². The van der Waals surface area contributed by atoms with Gasteiger partial charge in [-0.1, -0.05) is 12.1 Å². The Kier molecular flexibility index (Phi) is 5.21. The molecule has 3 rings (SSSR count). The predicted molar refractivity (Wildman–Crippen MR) is 101 cm³/mol. The van der Waals surface area contributed by atoms with Crippen LogP contribution in [0.15, 0.2) is 54.7 Å². The number of rotatable bonds is 5. The second-order valence-corrected chi connectivity index (χ2v) is 5.71. The number of nitrogens with zero attached hydrogens (tertiary/aromatic N) is 1. The minimum atomic E-state index is -0.602. The van der Waals surface area contributed by atoms with E-state index < -0.39 is 17.5 Å². The van der Waals surface area contributed by atoms with Gasteiger partial charge in [-0.2, -0.15) is 0 Å². The smallest absolute Gasteiger partial charge is 0.274 e. The van der Waals surface area contributed by atoms with Crippen molar-refractivity contribution in [2.45, 2.75) is 0 Å². The van der Waals surface area contributed by atoms with Gasteiger partial charge < -0.3 is 16.0 Å². The van der Waals surface area contributed by atoms with E-state index in [1.165, 1.54) is 36.5 Å². The highest BCUT2D eigenvalue weighted by Crippen LogP contribution is 2.25. The van der Waals surface area contributed by atoms with E-state index in [1.807, 2.05) is 0 Å². The van der Waals surface area contributed by atoms with Crippen molar-refractivity contribution >= 4 is 23.5 Å². The van der Waals surface area contributed by atoms with Crippen LogP contribution in [0.5, 0.6) is 0 Å². The Labute approximate surface area is 154 Å². The molecule has 0 aliphatic heterocycles. The minimum Gasteiger partial charge on any atom is -0.388 e. The summed E-state index contributed by atoms with van der Waals surface area (Å²) in [7, 11) is 1.73. The molecule has 1 aromatic heterocycles. The molecule has 0 fully saturated rings. The van der Waals surface area contributed by atoms with Crippen molar-refractivity contribution in [3.63, 3.8) is 0 Å². The summed E-state index contributed by atoms with van der Waals surface area (Å²) < 4.78 is 26.9. The predicted octanol–water partition coefficient (Wildman–Crippen LogP) is 4.32. The van der Waals surface area contributed by atoms with Crippen molar-refractivity contribution < 1.29 is 13.6 Å². The molecular formula is C20H16F2N4O. The van der Waals surface area contributed by atoms with Gasteiger partial charge in [-0.15, -0.1) is 0 Å². The average Bonchev–Trinajstić information content (AvgIpc) is 2.68. The highest BCUT2D eigenvalue weighted by atomic mass is 19.1. The van der Waals surface area contributed by atoms with Crippen LogP contribution in [0, 0.1) is 17.0 Å². The Bertz CT molecular complexity index is 1000. The fourth-order valence-electron chi connectivity index (χ4n) is 2.65. The number of halogens is 2. The maximum absolute atomic E-state index is 13.7. The van der Waals surface area contributed by atoms with Gasteiger partial charge in [0.05, 0.1) is 6.20 Å². The third-order valence-electron chi connectivity index (χ3n) is 3.96. The molecule has 27 heavy (non-hydrogen) atoms. The first-order valence-electron chi connectivity index (χ1n) is 8.07. The summed E-state index contributed by atoms with van der Waals surface area (Å²) in [6.07, 6.45) is 2.12. The average molecular weight is 366 g/mol. The molecule has 0 aliphatic carbocycles. The summed E-state index contributed by atoms with van der Waals surface area (Å²) in [5.41, 5.74) is 2.55. The largest absolute Gasteiger partial charge is 0.388 e. The van der Waals surface area contributed by atoms with Gasteiger partial charge in [-0.3, -0.25) is 4.79 Å². The fourth-order valence-corrected chi connectivity index (χ4v) is 2.65. The lowest BCUT2D eigenvalue weighted by atomic mass is 10.0. The molecule has 7 heteroatoms. The highest BCUT2D eigenvalue weighted by molar-refractivity contribution is 6.07. The topological polar surface area (TPSA) is 77.9 Å².